The van der Waals surface area contributed by atoms with E-state index in [1.54, 1.807) is 0 Å². The number of benzene rings is 2. The molecule has 1 aliphatic rings. The topological polar surface area (TPSA) is 53.2 Å². The highest BCUT2D eigenvalue weighted by Gasteiger charge is 2.17. The molecule has 5 nitrogen and oxygen atoms in total. The molecule has 1 saturated heterocycles. The molecule has 3 heterocycles. The van der Waals surface area contributed by atoms with Crippen LogP contribution in [0.4, 0.5) is 5.82 Å². The third-order valence-electron chi connectivity index (χ3n) is 5.71. The third kappa shape index (κ3) is 4.01. The van der Waals surface area contributed by atoms with Gasteiger partial charge in [-0.3, -0.25) is 0 Å². The van der Waals surface area contributed by atoms with Gasteiger partial charge in [0.15, 0.2) is 0 Å². The summed E-state index contributed by atoms with van der Waals surface area (Å²) in [4.78, 5) is 10.6. The van der Waals surface area contributed by atoms with E-state index in [1.165, 1.54) is 22.0 Å². The summed E-state index contributed by atoms with van der Waals surface area (Å²) in [5, 5.41) is 6.76. The maximum Gasteiger partial charge on any atom is 0.133 e. The van der Waals surface area contributed by atoms with Gasteiger partial charge in [0.25, 0.3) is 0 Å². The lowest BCUT2D eigenvalue weighted by Gasteiger charge is -2.30. The molecule has 1 aliphatic heterocycles. The van der Waals surface area contributed by atoms with Crippen LogP contribution in [0, 0.1) is 0 Å². The van der Waals surface area contributed by atoms with Crippen molar-refractivity contribution in [3.63, 3.8) is 0 Å². The number of para-hydroxylation sites is 1. The molecule has 0 atom stereocenters. The molecule has 154 valence electrons. The Balaban J connectivity index is 1.34. The van der Waals surface area contributed by atoms with Gasteiger partial charge in [-0.05, 0) is 42.8 Å². The second-order valence-corrected chi connectivity index (χ2v) is 8.13. The molecule has 0 spiro atoms. The van der Waals surface area contributed by atoms with E-state index in [0.29, 0.717) is 5.02 Å². The predicted molar refractivity (Wildman–Crippen MR) is 123 cm³/mol. The van der Waals surface area contributed by atoms with Crippen LogP contribution in [0.25, 0.3) is 21.8 Å². The number of pyridine rings is 1. The summed E-state index contributed by atoms with van der Waals surface area (Å²) in [5.74, 6) is 1.03. The van der Waals surface area contributed by atoms with Crippen LogP contribution in [0.3, 0.4) is 0 Å². The van der Waals surface area contributed by atoms with Crippen LogP contribution in [0.1, 0.15) is 11.1 Å². The Morgan fingerprint density at radius 3 is 2.83 bits per heavy atom. The molecule has 2 aromatic heterocycles. The maximum atomic E-state index is 6.20. The summed E-state index contributed by atoms with van der Waals surface area (Å²) in [7, 11) is 0. The number of morpholine rings is 1. The maximum absolute atomic E-state index is 6.20. The van der Waals surface area contributed by atoms with E-state index in [9.17, 15) is 0 Å². The summed E-state index contributed by atoms with van der Waals surface area (Å²) in [6.45, 7) is 4.89. The van der Waals surface area contributed by atoms with Crippen LogP contribution in [0.2, 0.25) is 5.02 Å². The number of aromatic amines is 1. The molecule has 0 saturated carbocycles. The van der Waals surface area contributed by atoms with E-state index in [-0.39, 0.29) is 0 Å². The Bertz CT molecular complexity index is 1170. The highest BCUT2D eigenvalue weighted by molar-refractivity contribution is 6.31. The molecule has 30 heavy (non-hydrogen) atoms. The zero-order valence-corrected chi connectivity index (χ0v) is 17.6. The molecular weight excluding hydrogens is 396 g/mol. The van der Waals surface area contributed by atoms with Crippen molar-refractivity contribution in [3.05, 3.63) is 70.9 Å². The van der Waals surface area contributed by atoms with E-state index in [1.807, 2.05) is 18.2 Å². The quantitative estimate of drug-likeness (QED) is 0.450. The molecule has 2 N–H and O–H groups in total. The highest BCUT2D eigenvalue weighted by atomic mass is 35.5. The van der Waals surface area contributed by atoms with Gasteiger partial charge < -0.3 is 19.9 Å². The molecule has 6 heteroatoms. The average Bonchev–Trinajstić information content (AvgIpc) is 3.20. The van der Waals surface area contributed by atoms with Crippen molar-refractivity contribution in [1.29, 1.82) is 0 Å². The molecule has 0 amide bonds. The van der Waals surface area contributed by atoms with E-state index >= 15 is 0 Å². The monoisotopic (exact) mass is 420 g/mol. The number of H-pyrrole nitrogens is 1. The number of nitrogens with zero attached hydrogens (tertiary/aromatic N) is 2. The van der Waals surface area contributed by atoms with Crippen molar-refractivity contribution in [2.75, 3.05) is 37.7 Å². The zero-order valence-electron chi connectivity index (χ0n) is 16.8. The lowest BCUT2D eigenvalue weighted by Crippen LogP contribution is -2.37. The fourth-order valence-corrected chi connectivity index (χ4v) is 4.30. The van der Waals surface area contributed by atoms with Gasteiger partial charge in [-0.2, -0.15) is 0 Å². The van der Waals surface area contributed by atoms with Crippen LogP contribution in [-0.2, 0) is 17.7 Å². The first-order valence-electron chi connectivity index (χ1n) is 10.5. The number of anilines is 1. The second kappa shape index (κ2) is 8.64. The predicted octanol–water partition coefficient (Wildman–Crippen LogP) is 4.54. The SMILES string of the molecule is Clc1ccc2cc(CNCCc3c[nH]c4ccccc34)c(N3CCOCC3)nc2c1. The van der Waals surface area contributed by atoms with Gasteiger partial charge >= 0.3 is 0 Å². The summed E-state index contributed by atoms with van der Waals surface area (Å²) < 4.78 is 5.53. The fraction of sp³-hybridized carbons (Fsp3) is 0.292. The summed E-state index contributed by atoms with van der Waals surface area (Å²) >= 11 is 6.20. The molecular formula is C24H25ClN4O. The third-order valence-corrected chi connectivity index (χ3v) is 5.94. The van der Waals surface area contributed by atoms with Crippen LogP contribution in [0.5, 0.6) is 0 Å². The standard InChI is InChI=1S/C24H25ClN4O/c25-20-6-5-17-13-19(24(28-23(17)14-20)29-9-11-30-12-10-29)15-26-8-7-18-16-27-22-4-2-1-3-21(18)22/h1-6,13-14,16,26-27H,7-12,15H2. The number of nitrogens with one attached hydrogen (secondary N) is 2. The molecule has 1 fully saturated rings. The van der Waals surface area contributed by atoms with Crippen LogP contribution in [-0.4, -0.2) is 42.8 Å². The lowest BCUT2D eigenvalue weighted by molar-refractivity contribution is 0.122. The second-order valence-electron chi connectivity index (χ2n) is 7.69. The Morgan fingerprint density at radius 1 is 1.07 bits per heavy atom. The molecule has 2 aromatic carbocycles. The first kappa shape index (κ1) is 19.4. The molecule has 0 radical (unpaired) electrons. The number of rotatable bonds is 6. The minimum absolute atomic E-state index is 0.715. The molecule has 5 rings (SSSR count). The number of fused-ring (bicyclic) bond motifs is 2. The summed E-state index contributed by atoms with van der Waals surface area (Å²) in [6.07, 6.45) is 3.10. The minimum Gasteiger partial charge on any atom is -0.378 e. The van der Waals surface area contributed by atoms with Gasteiger partial charge in [0.05, 0.1) is 18.7 Å². The molecule has 0 unspecified atom stereocenters. The highest BCUT2D eigenvalue weighted by Crippen LogP contribution is 2.26. The molecule has 4 aromatic rings. The Hall–Kier alpha value is -2.60. The normalized spacial score (nSPS) is 14.6. The number of ether oxygens (including phenoxy) is 1. The lowest BCUT2D eigenvalue weighted by atomic mass is 10.1. The van der Waals surface area contributed by atoms with E-state index in [2.05, 4.69) is 51.7 Å². The van der Waals surface area contributed by atoms with Crippen molar-refractivity contribution < 1.29 is 4.74 Å². The first-order chi connectivity index (χ1) is 14.8. The van der Waals surface area contributed by atoms with E-state index in [0.717, 1.165) is 62.5 Å². The zero-order chi connectivity index (χ0) is 20.3. The number of halogens is 1. The van der Waals surface area contributed by atoms with Gasteiger partial charge in [-0.1, -0.05) is 35.9 Å². The van der Waals surface area contributed by atoms with Crippen LogP contribution in [0.15, 0.2) is 54.7 Å². The first-order valence-corrected chi connectivity index (χ1v) is 10.8. The van der Waals surface area contributed by atoms with Gasteiger partial charge in [0.1, 0.15) is 5.82 Å². The van der Waals surface area contributed by atoms with Gasteiger partial charge in [0.2, 0.25) is 0 Å². The van der Waals surface area contributed by atoms with Crippen molar-refractivity contribution in [2.24, 2.45) is 0 Å². The Labute approximate surface area is 181 Å². The van der Waals surface area contributed by atoms with Crippen LogP contribution < -0.4 is 10.2 Å². The Kier molecular flexibility index (Phi) is 5.58. The van der Waals surface area contributed by atoms with Gasteiger partial charge in [-0.15, -0.1) is 0 Å². The van der Waals surface area contributed by atoms with Crippen molar-refractivity contribution in [3.8, 4) is 0 Å². The minimum atomic E-state index is 0.715. The Morgan fingerprint density at radius 2 is 1.93 bits per heavy atom. The van der Waals surface area contributed by atoms with Crippen LogP contribution >= 0.6 is 11.6 Å². The summed E-state index contributed by atoms with van der Waals surface area (Å²) in [5.41, 5.74) is 4.69. The smallest absolute Gasteiger partial charge is 0.133 e. The number of aromatic nitrogens is 2. The largest absolute Gasteiger partial charge is 0.378 e. The van der Waals surface area contributed by atoms with Crippen molar-refractivity contribution in [2.45, 2.75) is 13.0 Å². The van der Waals surface area contributed by atoms with Crippen molar-refractivity contribution in [1.82, 2.24) is 15.3 Å². The van der Waals surface area contributed by atoms with Gasteiger partial charge in [-0.25, -0.2) is 4.98 Å². The van der Waals surface area contributed by atoms with Crippen molar-refractivity contribution >= 4 is 39.2 Å². The molecule has 0 aliphatic carbocycles. The summed E-state index contributed by atoms with van der Waals surface area (Å²) in [6, 6.07) is 16.6. The van der Waals surface area contributed by atoms with E-state index in [4.69, 9.17) is 21.3 Å². The fourth-order valence-electron chi connectivity index (χ4n) is 4.14. The molecule has 0 bridgehead atoms. The van der Waals surface area contributed by atoms with Gasteiger partial charge in [0, 0.05) is 52.7 Å². The average molecular weight is 421 g/mol. The van der Waals surface area contributed by atoms with E-state index < -0.39 is 0 Å². The number of hydrogen-bond donors (Lipinski definition) is 2. The number of hydrogen-bond acceptors (Lipinski definition) is 4.